The van der Waals surface area contributed by atoms with Crippen LogP contribution in [-0.2, 0) is 7.05 Å². The predicted octanol–water partition coefficient (Wildman–Crippen LogP) is 3.31. The van der Waals surface area contributed by atoms with Crippen molar-refractivity contribution < 1.29 is 0 Å². The summed E-state index contributed by atoms with van der Waals surface area (Å²) in [7, 11) is 1.97. The van der Waals surface area contributed by atoms with E-state index < -0.39 is 0 Å². The van der Waals surface area contributed by atoms with Crippen LogP contribution in [0.25, 0.3) is 0 Å². The molecule has 1 saturated carbocycles. The summed E-state index contributed by atoms with van der Waals surface area (Å²) in [6, 6.07) is 1.89. The summed E-state index contributed by atoms with van der Waals surface area (Å²) in [5, 5.41) is 8.06. The first-order valence-corrected chi connectivity index (χ1v) is 7.32. The van der Waals surface area contributed by atoms with Crippen molar-refractivity contribution >= 4 is 11.5 Å². The van der Waals surface area contributed by atoms with E-state index in [-0.39, 0.29) is 0 Å². The Morgan fingerprint density at radius 2 is 2.05 bits per heavy atom. The van der Waals surface area contributed by atoms with E-state index in [1.807, 2.05) is 30.9 Å². The number of aryl methyl sites for hydroxylation is 2. The van der Waals surface area contributed by atoms with Crippen molar-refractivity contribution in [3.8, 4) is 0 Å². The molecular formula is C15H21N5. The monoisotopic (exact) mass is 271 g/mol. The molecule has 0 bridgehead atoms. The smallest absolute Gasteiger partial charge is 0.134 e. The molecule has 0 saturated heterocycles. The fourth-order valence-corrected chi connectivity index (χ4v) is 2.94. The van der Waals surface area contributed by atoms with Crippen LogP contribution in [0.2, 0.25) is 0 Å². The van der Waals surface area contributed by atoms with Crippen LogP contribution in [0.4, 0.5) is 11.5 Å². The van der Waals surface area contributed by atoms with Gasteiger partial charge < -0.3 is 5.32 Å². The highest BCUT2D eigenvalue weighted by Crippen LogP contribution is 2.36. The fraction of sp³-hybridized carbons (Fsp3) is 0.533. The third-order valence-corrected chi connectivity index (χ3v) is 3.89. The number of hydrogen-bond donors (Lipinski definition) is 1. The van der Waals surface area contributed by atoms with Crippen molar-refractivity contribution in [2.24, 2.45) is 7.05 Å². The topological polar surface area (TPSA) is 55.6 Å². The lowest BCUT2D eigenvalue weighted by atomic mass is 9.86. The molecule has 1 aliphatic rings. The van der Waals surface area contributed by atoms with Gasteiger partial charge in [0.1, 0.15) is 11.6 Å². The maximum atomic E-state index is 4.66. The van der Waals surface area contributed by atoms with Crippen LogP contribution in [0, 0.1) is 6.92 Å². The fourth-order valence-electron chi connectivity index (χ4n) is 2.94. The number of anilines is 2. The Balaban J connectivity index is 1.85. The summed E-state index contributed by atoms with van der Waals surface area (Å²) < 4.78 is 1.89. The van der Waals surface area contributed by atoms with Gasteiger partial charge in [0.25, 0.3) is 0 Å². The van der Waals surface area contributed by atoms with Gasteiger partial charge in [-0.25, -0.2) is 9.97 Å². The van der Waals surface area contributed by atoms with Gasteiger partial charge >= 0.3 is 0 Å². The first-order chi connectivity index (χ1) is 9.72. The molecule has 1 aliphatic carbocycles. The van der Waals surface area contributed by atoms with E-state index in [4.69, 9.17) is 0 Å². The van der Waals surface area contributed by atoms with E-state index in [1.165, 1.54) is 37.8 Å². The molecule has 0 aliphatic heterocycles. The first-order valence-electron chi connectivity index (χ1n) is 7.32. The van der Waals surface area contributed by atoms with Gasteiger partial charge in [-0.2, -0.15) is 5.10 Å². The third kappa shape index (κ3) is 2.81. The van der Waals surface area contributed by atoms with Gasteiger partial charge in [0.2, 0.25) is 0 Å². The molecule has 20 heavy (non-hydrogen) atoms. The second kappa shape index (κ2) is 5.61. The van der Waals surface area contributed by atoms with Gasteiger partial charge in [0.15, 0.2) is 0 Å². The molecule has 3 rings (SSSR count). The zero-order valence-electron chi connectivity index (χ0n) is 12.1. The number of rotatable bonds is 3. The summed E-state index contributed by atoms with van der Waals surface area (Å²) in [6.07, 6.45) is 10.3. The van der Waals surface area contributed by atoms with Crippen molar-refractivity contribution in [3.05, 3.63) is 30.0 Å². The molecule has 5 nitrogen and oxygen atoms in total. The lowest BCUT2D eigenvalue weighted by Crippen LogP contribution is -2.08. The van der Waals surface area contributed by atoms with Crippen LogP contribution < -0.4 is 5.32 Å². The summed E-state index contributed by atoms with van der Waals surface area (Å²) in [4.78, 5) is 8.53. The van der Waals surface area contributed by atoms with E-state index in [2.05, 4.69) is 20.4 Å². The van der Waals surface area contributed by atoms with Crippen molar-refractivity contribution in [1.29, 1.82) is 0 Å². The van der Waals surface area contributed by atoms with Crippen molar-refractivity contribution in [2.75, 3.05) is 5.32 Å². The lowest BCUT2D eigenvalue weighted by Gasteiger charge is -2.21. The highest BCUT2D eigenvalue weighted by atomic mass is 15.3. The van der Waals surface area contributed by atoms with Crippen LogP contribution in [0.5, 0.6) is 0 Å². The van der Waals surface area contributed by atoms with Gasteiger partial charge in [-0.1, -0.05) is 19.3 Å². The van der Waals surface area contributed by atoms with Crippen molar-refractivity contribution in [2.45, 2.75) is 44.9 Å². The van der Waals surface area contributed by atoms with Crippen LogP contribution in [0.15, 0.2) is 18.5 Å². The molecule has 0 aromatic carbocycles. The minimum Gasteiger partial charge on any atom is -0.337 e. The highest BCUT2D eigenvalue weighted by molar-refractivity contribution is 5.58. The molecule has 0 atom stereocenters. The molecule has 0 unspecified atom stereocenters. The zero-order valence-corrected chi connectivity index (χ0v) is 12.1. The second-order valence-electron chi connectivity index (χ2n) is 5.55. The van der Waals surface area contributed by atoms with Crippen molar-refractivity contribution in [3.63, 3.8) is 0 Å². The molecule has 0 spiro atoms. The number of aromatic nitrogens is 4. The molecule has 0 amide bonds. The standard InChI is InChI=1S/C15H21N5/c1-11-16-9-8-14(17-11)18-13-10-20(2)19-15(13)12-6-4-3-5-7-12/h8-10,12H,3-7H2,1-2H3,(H,16,17,18). The molecule has 1 fully saturated rings. The van der Waals surface area contributed by atoms with Crippen LogP contribution >= 0.6 is 0 Å². The quantitative estimate of drug-likeness (QED) is 0.930. The molecule has 2 aromatic heterocycles. The van der Waals surface area contributed by atoms with Crippen LogP contribution in [0.1, 0.15) is 49.5 Å². The molecule has 5 heteroatoms. The Morgan fingerprint density at radius 1 is 1.25 bits per heavy atom. The van der Waals surface area contributed by atoms with Gasteiger partial charge in [0, 0.05) is 25.4 Å². The van der Waals surface area contributed by atoms with Gasteiger partial charge in [-0.3, -0.25) is 4.68 Å². The maximum absolute atomic E-state index is 4.66. The minimum absolute atomic E-state index is 0.579. The predicted molar refractivity (Wildman–Crippen MR) is 79.1 cm³/mol. The summed E-state index contributed by atoms with van der Waals surface area (Å²) in [5.41, 5.74) is 2.26. The molecular weight excluding hydrogens is 250 g/mol. The Hall–Kier alpha value is -1.91. The minimum atomic E-state index is 0.579. The average Bonchev–Trinajstić information content (AvgIpc) is 2.80. The van der Waals surface area contributed by atoms with E-state index in [1.54, 1.807) is 6.20 Å². The van der Waals surface area contributed by atoms with Gasteiger partial charge in [-0.05, 0) is 25.8 Å². The third-order valence-electron chi connectivity index (χ3n) is 3.89. The molecule has 0 radical (unpaired) electrons. The van der Waals surface area contributed by atoms with E-state index in [0.29, 0.717) is 5.92 Å². The SMILES string of the molecule is Cc1nccc(Nc2cn(C)nc2C2CCCCC2)n1. The summed E-state index contributed by atoms with van der Waals surface area (Å²) in [6.45, 7) is 1.90. The Bertz CT molecular complexity index is 584. The summed E-state index contributed by atoms with van der Waals surface area (Å²) >= 11 is 0. The second-order valence-corrected chi connectivity index (χ2v) is 5.55. The van der Waals surface area contributed by atoms with E-state index in [0.717, 1.165) is 17.3 Å². The number of nitrogens with zero attached hydrogens (tertiary/aromatic N) is 4. The van der Waals surface area contributed by atoms with E-state index in [9.17, 15) is 0 Å². The molecule has 106 valence electrons. The number of nitrogens with one attached hydrogen (secondary N) is 1. The molecule has 2 aromatic rings. The lowest BCUT2D eigenvalue weighted by molar-refractivity contribution is 0.434. The van der Waals surface area contributed by atoms with Crippen molar-refractivity contribution in [1.82, 2.24) is 19.7 Å². The Morgan fingerprint density at radius 3 is 2.80 bits per heavy atom. The van der Waals surface area contributed by atoms with Gasteiger partial charge in [-0.15, -0.1) is 0 Å². The number of hydrogen-bond acceptors (Lipinski definition) is 4. The first kappa shape index (κ1) is 13.1. The maximum Gasteiger partial charge on any atom is 0.134 e. The average molecular weight is 271 g/mol. The van der Waals surface area contributed by atoms with Crippen LogP contribution in [-0.4, -0.2) is 19.7 Å². The van der Waals surface area contributed by atoms with Gasteiger partial charge in [0.05, 0.1) is 11.4 Å². The normalized spacial score (nSPS) is 16.3. The highest BCUT2D eigenvalue weighted by Gasteiger charge is 2.21. The van der Waals surface area contributed by atoms with E-state index >= 15 is 0 Å². The molecule has 2 heterocycles. The molecule has 1 N–H and O–H groups in total. The summed E-state index contributed by atoms with van der Waals surface area (Å²) in [5.74, 6) is 2.19. The zero-order chi connectivity index (χ0) is 13.9. The largest absolute Gasteiger partial charge is 0.337 e. The van der Waals surface area contributed by atoms with Crippen LogP contribution in [0.3, 0.4) is 0 Å². The Labute approximate surface area is 119 Å². The Kier molecular flexibility index (Phi) is 3.67.